The number of rotatable bonds is 1. The number of fused-ring (bicyclic) bond motifs is 1. The number of aromatic nitrogens is 1. The van der Waals surface area contributed by atoms with Crippen molar-refractivity contribution in [2.75, 3.05) is 0 Å². The predicted molar refractivity (Wildman–Crippen MR) is 76.9 cm³/mol. The number of pyridine rings is 1. The molecule has 0 saturated heterocycles. The van der Waals surface area contributed by atoms with Crippen LogP contribution >= 0.6 is 11.6 Å². The Balaban J connectivity index is 2.22. The van der Waals surface area contributed by atoms with Crippen LogP contribution in [0.2, 0.25) is 5.02 Å². The first kappa shape index (κ1) is 11.7. The molecule has 0 N–H and O–H groups in total. The molecule has 0 bridgehead atoms. The van der Waals surface area contributed by atoms with Gasteiger partial charge in [-0.1, -0.05) is 48.0 Å². The smallest absolute Gasteiger partial charge is 0.159 e. The summed E-state index contributed by atoms with van der Waals surface area (Å²) in [5.41, 5.74) is 2.08. The first-order valence-electron chi connectivity index (χ1n) is 5.83. The Labute approximate surface area is 115 Å². The highest BCUT2D eigenvalue weighted by Crippen LogP contribution is 2.31. The summed E-state index contributed by atoms with van der Waals surface area (Å²) in [6, 6.07) is 18.1. The van der Waals surface area contributed by atoms with E-state index in [1.54, 1.807) is 6.20 Å². The number of nitrogens with zero attached hydrogens (tertiary/aromatic N) is 2. The number of hydrogen-bond acceptors (Lipinski definition) is 2. The Bertz CT molecular complexity index is 803. The summed E-state index contributed by atoms with van der Waals surface area (Å²) in [5, 5.41) is 11.7. The highest BCUT2D eigenvalue weighted by Gasteiger charge is 2.09. The van der Waals surface area contributed by atoms with Crippen LogP contribution in [0.1, 0.15) is 5.69 Å². The van der Waals surface area contributed by atoms with Crippen LogP contribution in [0, 0.1) is 11.3 Å². The largest absolute Gasteiger partial charge is 0.244 e. The maximum absolute atomic E-state index is 8.96. The van der Waals surface area contributed by atoms with E-state index < -0.39 is 0 Å². The summed E-state index contributed by atoms with van der Waals surface area (Å²) < 4.78 is 0. The van der Waals surface area contributed by atoms with Gasteiger partial charge in [0, 0.05) is 11.8 Å². The lowest BCUT2D eigenvalue weighted by atomic mass is 10.0. The summed E-state index contributed by atoms with van der Waals surface area (Å²) in [6.07, 6.45) is 1.61. The van der Waals surface area contributed by atoms with E-state index >= 15 is 0 Å². The lowest BCUT2D eigenvalue weighted by Gasteiger charge is -2.06. The van der Waals surface area contributed by atoms with Gasteiger partial charge in [0.2, 0.25) is 0 Å². The van der Waals surface area contributed by atoms with Gasteiger partial charge in [-0.05, 0) is 28.5 Å². The van der Waals surface area contributed by atoms with Crippen LogP contribution < -0.4 is 0 Å². The van der Waals surface area contributed by atoms with Crippen LogP contribution in [-0.4, -0.2) is 4.98 Å². The quantitative estimate of drug-likeness (QED) is 0.652. The molecule has 3 heteroatoms. The van der Waals surface area contributed by atoms with Gasteiger partial charge in [0.15, 0.2) is 5.69 Å². The minimum atomic E-state index is 0.257. The van der Waals surface area contributed by atoms with Crippen molar-refractivity contribution in [3.63, 3.8) is 0 Å². The molecule has 0 saturated carbocycles. The fourth-order valence-corrected chi connectivity index (χ4v) is 2.36. The molecule has 0 atom stereocenters. The second kappa shape index (κ2) is 4.72. The molecule has 19 heavy (non-hydrogen) atoms. The molecule has 3 aromatic rings. The standard InChI is InChI=1S/C16H9ClN2/c17-16-14(7-8-19-15(16)10-18)13-6-5-11-3-1-2-4-12(11)9-13/h1-9H. The van der Waals surface area contributed by atoms with E-state index in [2.05, 4.69) is 23.2 Å². The van der Waals surface area contributed by atoms with E-state index in [0.717, 1.165) is 16.5 Å². The lowest BCUT2D eigenvalue weighted by Crippen LogP contribution is -1.88. The summed E-state index contributed by atoms with van der Waals surface area (Å²) in [7, 11) is 0. The van der Waals surface area contributed by atoms with E-state index in [-0.39, 0.29) is 5.69 Å². The molecule has 1 heterocycles. The summed E-state index contributed by atoms with van der Waals surface area (Å²) in [6.45, 7) is 0. The SMILES string of the molecule is N#Cc1nccc(-c2ccc3ccccc3c2)c1Cl. The average molecular weight is 265 g/mol. The predicted octanol–water partition coefficient (Wildman–Crippen LogP) is 4.43. The van der Waals surface area contributed by atoms with Gasteiger partial charge in [-0.2, -0.15) is 5.26 Å². The van der Waals surface area contributed by atoms with Crippen molar-refractivity contribution in [1.29, 1.82) is 5.26 Å². The number of halogens is 1. The van der Waals surface area contributed by atoms with Crippen molar-refractivity contribution in [2.24, 2.45) is 0 Å². The highest BCUT2D eigenvalue weighted by molar-refractivity contribution is 6.34. The zero-order valence-corrected chi connectivity index (χ0v) is 10.7. The lowest BCUT2D eigenvalue weighted by molar-refractivity contribution is 1.26. The summed E-state index contributed by atoms with van der Waals surface area (Å²) in [5.74, 6) is 0. The van der Waals surface area contributed by atoms with Gasteiger partial charge >= 0.3 is 0 Å². The average Bonchev–Trinajstić information content (AvgIpc) is 2.47. The molecule has 0 radical (unpaired) electrons. The van der Waals surface area contributed by atoms with Gasteiger partial charge in [0.1, 0.15) is 6.07 Å². The van der Waals surface area contributed by atoms with E-state index in [9.17, 15) is 0 Å². The van der Waals surface area contributed by atoms with Gasteiger partial charge in [0.25, 0.3) is 0 Å². The molecule has 2 nitrogen and oxygen atoms in total. The molecule has 3 rings (SSSR count). The molecule has 0 unspecified atom stereocenters. The number of hydrogen-bond donors (Lipinski definition) is 0. The second-order valence-corrected chi connectivity index (χ2v) is 4.57. The molecule has 0 fully saturated rings. The van der Waals surface area contributed by atoms with Crippen molar-refractivity contribution in [2.45, 2.75) is 0 Å². The minimum Gasteiger partial charge on any atom is -0.244 e. The van der Waals surface area contributed by atoms with Crippen LogP contribution in [0.15, 0.2) is 54.7 Å². The topological polar surface area (TPSA) is 36.7 Å². The zero-order valence-electron chi connectivity index (χ0n) is 9.97. The van der Waals surface area contributed by atoms with Crippen LogP contribution in [0.5, 0.6) is 0 Å². The van der Waals surface area contributed by atoms with Crippen molar-refractivity contribution < 1.29 is 0 Å². The first-order chi connectivity index (χ1) is 9.29. The number of nitriles is 1. The van der Waals surface area contributed by atoms with Gasteiger partial charge in [0.05, 0.1) is 5.02 Å². The van der Waals surface area contributed by atoms with Crippen LogP contribution in [0.25, 0.3) is 21.9 Å². The normalized spacial score (nSPS) is 10.3. The molecule has 0 aliphatic carbocycles. The maximum Gasteiger partial charge on any atom is 0.159 e. The fourth-order valence-electron chi connectivity index (χ4n) is 2.10. The first-order valence-corrected chi connectivity index (χ1v) is 6.21. The van der Waals surface area contributed by atoms with Crippen molar-refractivity contribution in [3.05, 3.63) is 65.4 Å². The molecule has 0 aliphatic heterocycles. The molecular formula is C16H9ClN2. The van der Waals surface area contributed by atoms with Gasteiger partial charge in [-0.3, -0.25) is 0 Å². The molecule has 1 aromatic heterocycles. The Morgan fingerprint density at radius 3 is 2.58 bits per heavy atom. The van der Waals surface area contributed by atoms with Gasteiger partial charge < -0.3 is 0 Å². The number of benzene rings is 2. The molecule has 0 spiro atoms. The molecule has 0 aliphatic rings. The molecular weight excluding hydrogens is 256 g/mol. The van der Waals surface area contributed by atoms with Gasteiger partial charge in [-0.15, -0.1) is 0 Å². The van der Waals surface area contributed by atoms with Crippen LogP contribution in [0.4, 0.5) is 0 Å². The third kappa shape index (κ3) is 2.05. The Hall–Kier alpha value is -2.37. The molecule has 90 valence electrons. The fraction of sp³-hybridized carbons (Fsp3) is 0. The second-order valence-electron chi connectivity index (χ2n) is 4.19. The third-order valence-electron chi connectivity index (χ3n) is 3.06. The van der Waals surface area contributed by atoms with E-state index in [1.807, 2.05) is 36.4 Å². The van der Waals surface area contributed by atoms with Gasteiger partial charge in [-0.25, -0.2) is 4.98 Å². The Morgan fingerprint density at radius 1 is 1.00 bits per heavy atom. The monoisotopic (exact) mass is 264 g/mol. The van der Waals surface area contributed by atoms with Crippen molar-refractivity contribution >= 4 is 22.4 Å². The van der Waals surface area contributed by atoms with Crippen molar-refractivity contribution in [3.8, 4) is 17.2 Å². The zero-order chi connectivity index (χ0) is 13.2. The summed E-state index contributed by atoms with van der Waals surface area (Å²) >= 11 is 6.21. The van der Waals surface area contributed by atoms with E-state index in [4.69, 9.17) is 16.9 Å². The molecule has 0 amide bonds. The van der Waals surface area contributed by atoms with Crippen molar-refractivity contribution in [1.82, 2.24) is 4.98 Å². The van der Waals surface area contributed by atoms with E-state index in [1.165, 1.54) is 5.39 Å². The third-order valence-corrected chi connectivity index (χ3v) is 3.44. The van der Waals surface area contributed by atoms with Crippen LogP contribution in [-0.2, 0) is 0 Å². The maximum atomic E-state index is 8.96. The Morgan fingerprint density at radius 2 is 1.79 bits per heavy atom. The minimum absolute atomic E-state index is 0.257. The molecule has 2 aromatic carbocycles. The van der Waals surface area contributed by atoms with E-state index in [0.29, 0.717) is 5.02 Å². The highest BCUT2D eigenvalue weighted by atomic mass is 35.5. The Kier molecular flexibility index (Phi) is 2.91. The van der Waals surface area contributed by atoms with Crippen LogP contribution in [0.3, 0.4) is 0 Å². The summed E-state index contributed by atoms with van der Waals surface area (Å²) in [4.78, 5) is 3.95.